The van der Waals surface area contributed by atoms with Gasteiger partial charge < -0.3 is 10.1 Å². The molecule has 0 N–H and O–H groups in total. The van der Waals surface area contributed by atoms with Crippen LogP contribution in [-0.4, -0.2) is 5.84 Å². The fourth-order valence-corrected chi connectivity index (χ4v) is 0.0658. The fourth-order valence-electron chi connectivity index (χ4n) is 0.0658. The first-order valence-electron chi connectivity index (χ1n) is 1.33. The summed E-state index contributed by atoms with van der Waals surface area (Å²) in [5.74, 6) is -0.653. The van der Waals surface area contributed by atoms with E-state index in [9.17, 15) is 5.21 Å². The fraction of sp³-hybridized carbons (Fsp3) is 0. The van der Waals surface area contributed by atoms with Crippen LogP contribution in [0, 0.1) is 23.1 Å². The van der Waals surface area contributed by atoms with Crippen LogP contribution in [0.25, 0.3) is 4.85 Å². The van der Waals surface area contributed by atoms with E-state index in [1.165, 1.54) is 6.07 Å². The van der Waals surface area contributed by atoms with Gasteiger partial charge in [0, 0.05) is 0 Å². The minimum absolute atomic E-state index is 0. The molecule has 0 fully saturated rings. The number of hydrogen-bond acceptors (Lipinski definition) is 3. The van der Waals surface area contributed by atoms with Crippen molar-refractivity contribution < 1.29 is 29.6 Å². The van der Waals surface area contributed by atoms with Crippen LogP contribution in [0.4, 0.5) is 0 Å². The summed E-state index contributed by atoms with van der Waals surface area (Å²) in [5.41, 5.74) is 0. The summed E-state index contributed by atoms with van der Waals surface area (Å²) >= 11 is 0. The maximum Gasteiger partial charge on any atom is 1.00 e. The van der Waals surface area contributed by atoms with Crippen LogP contribution in [0.15, 0.2) is 5.16 Å². The molecule has 0 radical (unpaired) electrons. The monoisotopic (exact) mass is 117 g/mol. The second kappa shape index (κ2) is 6.45. The SMILES string of the molecule is [C-]#[N+]/C(C#N)=N/[O-].[Na+]. The largest absolute Gasteiger partial charge is 1.00 e. The van der Waals surface area contributed by atoms with Gasteiger partial charge in [-0.25, -0.2) is 5.26 Å². The Hall–Kier alpha value is -0.550. The molecule has 0 heterocycles. The predicted molar refractivity (Wildman–Crippen MR) is 23.0 cm³/mol. The van der Waals surface area contributed by atoms with E-state index in [2.05, 4.69) is 10.0 Å². The van der Waals surface area contributed by atoms with Crippen LogP contribution in [-0.2, 0) is 0 Å². The second-order valence-corrected chi connectivity index (χ2v) is 0.639. The Kier molecular flexibility index (Phi) is 8.41. The normalized spacial score (nSPS) is 8.00. The topological polar surface area (TPSA) is 63.6 Å². The minimum Gasteiger partial charge on any atom is -0.691 e. The zero-order chi connectivity index (χ0) is 5.70. The second-order valence-electron chi connectivity index (χ2n) is 0.639. The minimum atomic E-state index is -0.653. The van der Waals surface area contributed by atoms with E-state index in [0.29, 0.717) is 0 Å². The molecule has 34 valence electrons. The summed E-state index contributed by atoms with van der Waals surface area (Å²) in [5, 5.41) is 19.1. The van der Waals surface area contributed by atoms with E-state index in [1.54, 1.807) is 0 Å². The van der Waals surface area contributed by atoms with E-state index in [-0.39, 0.29) is 29.6 Å². The zero-order valence-corrected chi connectivity index (χ0v) is 6.25. The Morgan fingerprint density at radius 2 is 2.38 bits per heavy atom. The third-order valence-corrected chi connectivity index (χ3v) is 0.292. The van der Waals surface area contributed by atoms with E-state index in [0.717, 1.165) is 0 Å². The first-order chi connectivity index (χ1) is 3.35. The molecule has 0 atom stereocenters. The average molecular weight is 117 g/mol. The van der Waals surface area contributed by atoms with Gasteiger partial charge in [0.2, 0.25) is 0 Å². The van der Waals surface area contributed by atoms with Crippen LogP contribution in [0.1, 0.15) is 0 Å². The Morgan fingerprint density at radius 3 is 2.38 bits per heavy atom. The molecule has 0 rings (SSSR count). The smallest absolute Gasteiger partial charge is 0.691 e. The number of amidine groups is 1. The molecular formula is C3N3NaO. The van der Waals surface area contributed by atoms with Gasteiger partial charge in [-0.05, 0) is 0 Å². The van der Waals surface area contributed by atoms with Crippen LogP contribution in [0.2, 0.25) is 0 Å². The number of rotatable bonds is 0. The molecule has 0 aliphatic carbocycles. The molecule has 0 unspecified atom stereocenters. The summed E-state index contributed by atoms with van der Waals surface area (Å²) in [6, 6.07) is 1.28. The van der Waals surface area contributed by atoms with E-state index < -0.39 is 5.84 Å². The maximum absolute atomic E-state index is 9.24. The molecule has 4 nitrogen and oxygen atoms in total. The maximum atomic E-state index is 9.24. The van der Waals surface area contributed by atoms with Gasteiger partial charge in [-0.15, -0.1) is 5.16 Å². The summed E-state index contributed by atoms with van der Waals surface area (Å²) in [7, 11) is 0. The standard InChI is InChI=1S/C3HN3O.Na/c1-5-3(2-4)6-7;/h7H;/q;+1/p-1/b6-3+;. The summed E-state index contributed by atoms with van der Waals surface area (Å²) in [6.45, 7) is 6.03. The zero-order valence-electron chi connectivity index (χ0n) is 4.25. The first kappa shape index (κ1) is 10.4. The molecule has 0 aliphatic heterocycles. The molecule has 0 spiro atoms. The van der Waals surface area contributed by atoms with Crippen molar-refractivity contribution in [1.82, 2.24) is 0 Å². The van der Waals surface area contributed by atoms with Crippen LogP contribution in [0.5, 0.6) is 0 Å². The van der Waals surface area contributed by atoms with Crippen LogP contribution >= 0.6 is 0 Å². The summed E-state index contributed by atoms with van der Waals surface area (Å²) < 4.78 is 0. The van der Waals surface area contributed by atoms with Crippen LogP contribution in [0.3, 0.4) is 0 Å². The van der Waals surface area contributed by atoms with Crippen molar-refractivity contribution in [2.75, 3.05) is 0 Å². The van der Waals surface area contributed by atoms with Crippen molar-refractivity contribution >= 4 is 5.84 Å². The number of nitriles is 1. The average Bonchev–Trinajstić information content (AvgIpc) is 1.72. The van der Waals surface area contributed by atoms with Gasteiger partial charge in [-0.3, -0.25) is 0 Å². The van der Waals surface area contributed by atoms with E-state index in [1.807, 2.05) is 0 Å². The Labute approximate surface area is 68.5 Å². The molecule has 0 bridgehead atoms. The molecule has 0 aromatic carbocycles. The van der Waals surface area contributed by atoms with Crippen molar-refractivity contribution in [3.63, 3.8) is 0 Å². The molecular weight excluding hydrogens is 117 g/mol. The quantitative estimate of drug-likeness (QED) is 0.114. The van der Waals surface area contributed by atoms with Crippen molar-refractivity contribution in [3.05, 3.63) is 16.6 Å². The van der Waals surface area contributed by atoms with Gasteiger partial charge >= 0.3 is 35.4 Å². The number of hydrogen-bond donors (Lipinski definition) is 0. The Balaban J connectivity index is 0. The van der Waals surface area contributed by atoms with Crippen molar-refractivity contribution in [1.29, 1.82) is 5.26 Å². The van der Waals surface area contributed by atoms with Gasteiger partial charge in [0.25, 0.3) is 0 Å². The van der Waals surface area contributed by atoms with E-state index in [4.69, 9.17) is 11.8 Å². The molecule has 5 heteroatoms. The molecule has 0 aromatic rings. The van der Waals surface area contributed by atoms with Gasteiger partial charge in [0.05, 0.1) is 0 Å². The summed E-state index contributed by atoms with van der Waals surface area (Å²) in [6.07, 6.45) is 0. The number of nitrogens with zero attached hydrogens (tertiary/aromatic N) is 3. The molecule has 0 aliphatic rings. The Morgan fingerprint density at radius 1 is 1.88 bits per heavy atom. The molecule has 0 aromatic heterocycles. The van der Waals surface area contributed by atoms with Crippen LogP contribution < -0.4 is 29.6 Å². The van der Waals surface area contributed by atoms with Crippen molar-refractivity contribution in [3.8, 4) is 6.07 Å². The van der Waals surface area contributed by atoms with E-state index >= 15 is 0 Å². The third-order valence-electron chi connectivity index (χ3n) is 0.292. The van der Waals surface area contributed by atoms with Gasteiger partial charge in [0.1, 0.15) is 6.07 Å². The van der Waals surface area contributed by atoms with Gasteiger partial charge in [-0.1, -0.05) is 6.57 Å². The van der Waals surface area contributed by atoms with Crippen molar-refractivity contribution in [2.24, 2.45) is 5.16 Å². The summed E-state index contributed by atoms with van der Waals surface area (Å²) in [4.78, 5) is 2.45. The van der Waals surface area contributed by atoms with Gasteiger partial charge in [0.15, 0.2) is 0 Å². The predicted octanol–water partition coefficient (Wildman–Crippen LogP) is -2.67. The van der Waals surface area contributed by atoms with Crippen molar-refractivity contribution in [2.45, 2.75) is 0 Å². The van der Waals surface area contributed by atoms with Gasteiger partial charge in [-0.2, -0.15) is 0 Å². The molecule has 0 saturated carbocycles. The molecule has 8 heavy (non-hydrogen) atoms. The molecule has 0 saturated heterocycles. The molecule has 0 amide bonds. The Bertz CT molecular complexity index is 146. The first-order valence-corrected chi connectivity index (χ1v) is 1.33. The third kappa shape index (κ3) is 3.63.